The van der Waals surface area contributed by atoms with E-state index in [4.69, 9.17) is 9.15 Å². The fraction of sp³-hybridized carbons (Fsp3) is 0.273. The number of benzene rings is 2. The van der Waals surface area contributed by atoms with Gasteiger partial charge in [0.2, 0.25) is 5.76 Å². The number of nitrogens with zero attached hydrogens (tertiary/aromatic N) is 1. The summed E-state index contributed by atoms with van der Waals surface area (Å²) in [6.07, 6.45) is 0. The van der Waals surface area contributed by atoms with E-state index in [1.807, 2.05) is 44.2 Å². The van der Waals surface area contributed by atoms with E-state index < -0.39 is 0 Å². The molecule has 4 rings (SSSR count). The van der Waals surface area contributed by atoms with E-state index in [1.165, 1.54) is 0 Å². The van der Waals surface area contributed by atoms with E-state index >= 15 is 0 Å². The van der Waals surface area contributed by atoms with Crippen LogP contribution in [0.2, 0.25) is 0 Å². The number of anilines is 1. The maximum atomic E-state index is 13.0. The van der Waals surface area contributed by atoms with Gasteiger partial charge in [-0.1, -0.05) is 18.2 Å². The van der Waals surface area contributed by atoms with Gasteiger partial charge in [-0.2, -0.15) is 0 Å². The number of morpholine rings is 1. The standard InChI is InChI=1S/C22H22N2O4/c1-14-7-8-16(13-15(14)2)21(25)23-19-17-5-3-4-6-18(17)28-20(19)22(26)24-9-11-27-12-10-24/h3-8,13H,9-12H2,1-2H3,(H,23,25). The van der Waals surface area contributed by atoms with Gasteiger partial charge in [-0.3, -0.25) is 9.59 Å². The highest BCUT2D eigenvalue weighted by Crippen LogP contribution is 2.32. The number of carbonyl (C=O) groups excluding carboxylic acids is 2. The molecule has 0 spiro atoms. The summed E-state index contributed by atoms with van der Waals surface area (Å²) in [4.78, 5) is 27.6. The minimum atomic E-state index is -0.273. The number of aryl methyl sites for hydroxylation is 2. The van der Waals surface area contributed by atoms with Crippen LogP contribution < -0.4 is 5.32 Å². The van der Waals surface area contributed by atoms with Crippen LogP contribution in [0.15, 0.2) is 46.9 Å². The predicted molar refractivity (Wildman–Crippen MR) is 107 cm³/mol. The molecule has 3 aromatic rings. The SMILES string of the molecule is Cc1ccc(C(=O)Nc2c(C(=O)N3CCOCC3)oc3ccccc23)cc1C. The summed E-state index contributed by atoms with van der Waals surface area (Å²) in [7, 11) is 0. The first-order chi connectivity index (χ1) is 13.5. The highest BCUT2D eigenvalue weighted by atomic mass is 16.5. The fourth-order valence-electron chi connectivity index (χ4n) is 3.30. The first kappa shape index (κ1) is 18.3. The van der Waals surface area contributed by atoms with Crippen LogP contribution in [0.25, 0.3) is 11.0 Å². The number of hydrogen-bond acceptors (Lipinski definition) is 4. The Balaban J connectivity index is 1.71. The molecule has 144 valence electrons. The second-order valence-corrected chi connectivity index (χ2v) is 6.96. The topological polar surface area (TPSA) is 71.8 Å². The molecule has 0 atom stereocenters. The summed E-state index contributed by atoms with van der Waals surface area (Å²) < 4.78 is 11.2. The summed E-state index contributed by atoms with van der Waals surface area (Å²) in [6, 6.07) is 12.9. The van der Waals surface area contributed by atoms with Gasteiger partial charge in [0.1, 0.15) is 11.3 Å². The third-order valence-electron chi connectivity index (χ3n) is 5.10. The molecular weight excluding hydrogens is 356 g/mol. The Kier molecular flexibility index (Phi) is 4.88. The van der Waals surface area contributed by atoms with Crippen LogP contribution in [0.3, 0.4) is 0 Å². The molecule has 6 nitrogen and oxygen atoms in total. The lowest BCUT2D eigenvalue weighted by molar-refractivity contribution is 0.0285. The van der Waals surface area contributed by atoms with E-state index in [2.05, 4.69) is 5.32 Å². The van der Waals surface area contributed by atoms with Crippen LogP contribution in [0.4, 0.5) is 5.69 Å². The second-order valence-electron chi connectivity index (χ2n) is 6.96. The Bertz CT molecular complexity index is 1050. The van der Waals surface area contributed by atoms with Crippen LogP contribution in [0.5, 0.6) is 0 Å². The van der Waals surface area contributed by atoms with Crippen LogP contribution >= 0.6 is 0 Å². The molecule has 28 heavy (non-hydrogen) atoms. The van der Waals surface area contributed by atoms with Gasteiger partial charge < -0.3 is 19.4 Å². The molecular formula is C22H22N2O4. The lowest BCUT2D eigenvalue weighted by atomic mass is 10.1. The number of hydrogen-bond donors (Lipinski definition) is 1. The van der Waals surface area contributed by atoms with Gasteiger partial charge >= 0.3 is 0 Å². The average molecular weight is 378 g/mol. The van der Waals surface area contributed by atoms with E-state index in [0.717, 1.165) is 11.1 Å². The van der Waals surface area contributed by atoms with Crippen molar-refractivity contribution >= 4 is 28.5 Å². The summed E-state index contributed by atoms with van der Waals surface area (Å²) in [5.74, 6) is -0.360. The summed E-state index contributed by atoms with van der Waals surface area (Å²) in [5.41, 5.74) is 3.67. The van der Waals surface area contributed by atoms with Crippen molar-refractivity contribution in [2.24, 2.45) is 0 Å². The van der Waals surface area contributed by atoms with Crippen molar-refractivity contribution in [3.63, 3.8) is 0 Å². The molecule has 0 bridgehead atoms. The lowest BCUT2D eigenvalue weighted by Crippen LogP contribution is -2.40. The highest BCUT2D eigenvalue weighted by molar-refractivity contribution is 6.14. The van der Waals surface area contributed by atoms with Gasteiger partial charge in [0, 0.05) is 24.0 Å². The van der Waals surface area contributed by atoms with Gasteiger partial charge in [0.15, 0.2) is 0 Å². The number of amides is 2. The zero-order chi connectivity index (χ0) is 19.7. The Morgan fingerprint density at radius 2 is 1.75 bits per heavy atom. The highest BCUT2D eigenvalue weighted by Gasteiger charge is 2.27. The third-order valence-corrected chi connectivity index (χ3v) is 5.10. The Labute approximate surface area is 163 Å². The molecule has 1 aromatic heterocycles. The minimum Gasteiger partial charge on any atom is -0.449 e. The molecule has 1 saturated heterocycles. The van der Waals surface area contributed by atoms with E-state index in [9.17, 15) is 9.59 Å². The molecule has 1 fully saturated rings. The molecule has 1 aliphatic rings. The second kappa shape index (κ2) is 7.48. The maximum Gasteiger partial charge on any atom is 0.291 e. The number of rotatable bonds is 3. The molecule has 2 aromatic carbocycles. The molecule has 0 unspecified atom stereocenters. The molecule has 0 saturated carbocycles. The zero-order valence-electron chi connectivity index (χ0n) is 16.0. The van der Waals surface area contributed by atoms with Crippen molar-refractivity contribution in [2.45, 2.75) is 13.8 Å². The van der Waals surface area contributed by atoms with Crippen molar-refractivity contribution in [1.82, 2.24) is 4.90 Å². The molecule has 1 aliphatic heterocycles. The first-order valence-corrected chi connectivity index (χ1v) is 9.32. The number of furan rings is 1. The zero-order valence-corrected chi connectivity index (χ0v) is 16.0. The summed E-state index contributed by atoms with van der Waals surface area (Å²) in [5, 5.41) is 3.61. The molecule has 0 radical (unpaired) electrons. The van der Waals surface area contributed by atoms with E-state index in [1.54, 1.807) is 17.0 Å². The average Bonchev–Trinajstić information content (AvgIpc) is 3.08. The van der Waals surface area contributed by atoms with Gasteiger partial charge in [-0.25, -0.2) is 0 Å². The molecule has 0 aliphatic carbocycles. The molecule has 6 heteroatoms. The first-order valence-electron chi connectivity index (χ1n) is 9.32. The van der Waals surface area contributed by atoms with Crippen molar-refractivity contribution in [3.8, 4) is 0 Å². The Morgan fingerprint density at radius 3 is 2.50 bits per heavy atom. The lowest BCUT2D eigenvalue weighted by Gasteiger charge is -2.26. The molecule has 2 heterocycles. The minimum absolute atomic E-state index is 0.153. The smallest absolute Gasteiger partial charge is 0.291 e. The predicted octanol–water partition coefficient (Wildman–Crippen LogP) is 3.77. The van der Waals surface area contributed by atoms with Crippen molar-refractivity contribution < 1.29 is 18.7 Å². The van der Waals surface area contributed by atoms with Crippen LogP contribution in [0, 0.1) is 13.8 Å². The monoisotopic (exact) mass is 378 g/mol. The van der Waals surface area contributed by atoms with Crippen LogP contribution in [0.1, 0.15) is 32.0 Å². The van der Waals surface area contributed by atoms with Crippen molar-refractivity contribution in [1.29, 1.82) is 0 Å². The van der Waals surface area contributed by atoms with Crippen molar-refractivity contribution in [3.05, 3.63) is 64.9 Å². The van der Waals surface area contributed by atoms with Gasteiger partial charge in [0.25, 0.3) is 11.8 Å². The van der Waals surface area contributed by atoms with Crippen molar-refractivity contribution in [2.75, 3.05) is 31.6 Å². The van der Waals surface area contributed by atoms with Gasteiger partial charge in [-0.15, -0.1) is 0 Å². The quantitative estimate of drug-likeness (QED) is 0.753. The maximum absolute atomic E-state index is 13.0. The van der Waals surface area contributed by atoms with Gasteiger partial charge in [-0.05, 0) is 49.2 Å². The van der Waals surface area contributed by atoms with Crippen LogP contribution in [-0.2, 0) is 4.74 Å². The van der Waals surface area contributed by atoms with E-state index in [-0.39, 0.29) is 17.6 Å². The number of fused-ring (bicyclic) bond motifs is 1. The molecule has 1 N–H and O–H groups in total. The van der Waals surface area contributed by atoms with Gasteiger partial charge in [0.05, 0.1) is 13.2 Å². The number of para-hydroxylation sites is 1. The fourth-order valence-corrected chi connectivity index (χ4v) is 3.30. The van der Waals surface area contributed by atoms with E-state index in [0.29, 0.717) is 48.5 Å². The van der Waals surface area contributed by atoms with Crippen LogP contribution in [-0.4, -0.2) is 43.0 Å². The molecule has 2 amide bonds. The normalized spacial score (nSPS) is 14.3. The number of nitrogens with one attached hydrogen (secondary N) is 1. The Hall–Kier alpha value is -3.12. The third kappa shape index (κ3) is 3.39. The Morgan fingerprint density at radius 1 is 1.00 bits per heavy atom. The number of carbonyl (C=O) groups is 2. The summed E-state index contributed by atoms with van der Waals surface area (Å²) >= 11 is 0. The number of ether oxygens (including phenoxy) is 1. The summed E-state index contributed by atoms with van der Waals surface area (Å²) in [6.45, 7) is 5.96. The largest absolute Gasteiger partial charge is 0.449 e.